The molecule has 0 heterocycles. The van der Waals surface area contributed by atoms with E-state index in [2.05, 4.69) is 10.6 Å². The summed E-state index contributed by atoms with van der Waals surface area (Å²) < 4.78 is 5.51. The summed E-state index contributed by atoms with van der Waals surface area (Å²) in [5, 5.41) is 6.09. The molecule has 0 radical (unpaired) electrons. The van der Waals surface area contributed by atoms with Crippen molar-refractivity contribution >= 4 is 29.1 Å². The van der Waals surface area contributed by atoms with Gasteiger partial charge in [0, 0.05) is 11.9 Å². The lowest BCUT2D eigenvalue weighted by Gasteiger charge is -2.16. The van der Waals surface area contributed by atoms with Gasteiger partial charge in [-0.3, -0.25) is 9.59 Å². The number of hydrogen-bond donors (Lipinski definition) is 2. The van der Waals surface area contributed by atoms with E-state index in [0.717, 1.165) is 5.56 Å². The van der Waals surface area contributed by atoms with E-state index in [1.165, 1.54) is 6.92 Å². The third-order valence-corrected chi connectivity index (χ3v) is 3.65. The molecule has 0 aliphatic heterocycles. The normalized spacial score (nSPS) is 11.5. The topological polar surface area (TPSA) is 67.4 Å². The summed E-state index contributed by atoms with van der Waals surface area (Å²) in [6.45, 7) is 3.10. The maximum atomic E-state index is 12.1. The van der Waals surface area contributed by atoms with Crippen LogP contribution in [0, 0.1) is 0 Å². The summed E-state index contributed by atoms with van der Waals surface area (Å²) in [4.78, 5) is 23.3. The lowest BCUT2D eigenvalue weighted by molar-refractivity contribution is -0.123. The van der Waals surface area contributed by atoms with Gasteiger partial charge in [0.25, 0.3) is 5.91 Å². The van der Waals surface area contributed by atoms with Gasteiger partial charge in [-0.25, -0.2) is 0 Å². The maximum Gasteiger partial charge on any atom is 0.258 e. The number of ether oxygens (including phenoxy) is 1. The van der Waals surface area contributed by atoms with E-state index in [-0.39, 0.29) is 24.5 Å². The Bertz CT molecular complexity index is 734. The quantitative estimate of drug-likeness (QED) is 0.840. The zero-order chi connectivity index (χ0) is 17.5. The Kier molecular flexibility index (Phi) is 6.21. The molecule has 0 unspecified atom stereocenters. The summed E-state index contributed by atoms with van der Waals surface area (Å²) in [7, 11) is 0. The molecule has 1 atom stereocenters. The van der Waals surface area contributed by atoms with Crippen LogP contribution in [0.2, 0.25) is 5.02 Å². The van der Waals surface area contributed by atoms with Crippen molar-refractivity contribution in [3.63, 3.8) is 0 Å². The number of benzene rings is 2. The lowest BCUT2D eigenvalue weighted by Crippen LogP contribution is -2.31. The molecule has 0 aliphatic carbocycles. The molecule has 5 nitrogen and oxygen atoms in total. The van der Waals surface area contributed by atoms with Gasteiger partial charge in [0.05, 0.1) is 11.7 Å². The standard InChI is InChI=1S/C18H19ClN2O3/c1-12(14-7-3-4-8-15(14)19)20-18(23)11-24-17-10-6-5-9-16(17)21-13(2)22/h3-10,12H,11H2,1-2H3,(H,20,23)(H,21,22)/t12-/m0/s1. The molecule has 0 aromatic heterocycles. The Labute approximate surface area is 146 Å². The maximum absolute atomic E-state index is 12.1. The molecule has 2 aromatic rings. The second-order valence-corrected chi connectivity index (χ2v) is 5.68. The minimum absolute atomic E-state index is 0.161. The Balaban J connectivity index is 1.94. The van der Waals surface area contributed by atoms with Crippen LogP contribution in [0.3, 0.4) is 0 Å². The number of nitrogens with one attached hydrogen (secondary N) is 2. The molecule has 0 aliphatic rings. The van der Waals surface area contributed by atoms with E-state index < -0.39 is 0 Å². The largest absolute Gasteiger partial charge is 0.482 e. The van der Waals surface area contributed by atoms with Gasteiger partial charge in [0.2, 0.25) is 5.91 Å². The van der Waals surface area contributed by atoms with Gasteiger partial charge in [-0.1, -0.05) is 41.9 Å². The number of carbonyl (C=O) groups excluding carboxylic acids is 2. The molecule has 24 heavy (non-hydrogen) atoms. The van der Waals surface area contributed by atoms with Crippen molar-refractivity contribution in [2.75, 3.05) is 11.9 Å². The van der Waals surface area contributed by atoms with Crippen LogP contribution in [-0.2, 0) is 9.59 Å². The molecule has 126 valence electrons. The van der Waals surface area contributed by atoms with Crippen LogP contribution >= 0.6 is 11.6 Å². The third kappa shape index (κ3) is 4.99. The molecule has 2 amide bonds. The Morgan fingerprint density at radius 3 is 2.50 bits per heavy atom. The van der Waals surface area contributed by atoms with Gasteiger partial charge in [-0.2, -0.15) is 0 Å². The molecule has 2 N–H and O–H groups in total. The van der Waals surface area contributed by atoms with Crippen molar-refractivity contribution in [3.8, 4) is 5.75 Å². The van der Waals surface area contributed by atoms with Crippen LogP contribution in [0.15, 0.2) is 48.5 Å². The van der Waals surface area contributed by atoms with Crippen LogP contribution in [-0.4, -0.2) is 18.4 Å². The lowest BCUT2D eigenvalue weighted by atomic mass is 10.1. The van der Waals surface area contributed by atoms with Gasteiger partial charge in [0.1, 0.15) is 5.75 Å². The van der Waals surface area contributed by atoms with E-state index in [9.17, 15) is 9.59 Å². The number of anilines is 1. The van der Waals surface area contributed by atoms with Crippen molar-refractivity contribution in [2.45, 2.75) is 19.9 Å². The first-order valence-corrected chi connectivity index (χ1v) is 7.88. The smallest absolute Gasteiger partial charge is 0.258 e. The average molecular weight is 347 g/mol. The first kappa shape index (κ1) is 17.8. The van der Waals surface area contributed by atoms with Gasteiger partial charge < -0.3 is 15.4 Å². The van der Waals surface area contributed by atoms with E-state index in [4.69, 9.17) is 16.3 Å². The van der Waals surface area contributed by atoms with E-state index in [0.29, 0.717) is 16.5 Å². The molecule has 0 saturated carbocycles. The van der Waals surface area contributed by atoms with Crippen molar-refractivity contribution in [2.24, 2.45) is 0 Å². The number of amides is 2. The Morgan fingerprint density at radius 2 is 1.79 bits per heavy atom. The van der Waals surface area contributed by atoms with Crippen molar-refractivity contribution in [1.82, 2.24) is 5.32 Å². The molecule has 6 heteroatoms. The van der Waals surface area contributed by atoms with Crippen LogP contribution < -0.4 is 15.4 Å². The summed E-state index contributed by atoms with van der Waals surface area (Å²) >= 11 is 6.12. The summed E-state index contributed by atoms with van der Waals surface area (Å²) in [5.74, 6) is -0.0452. The molecular weight excluding hydrogens is 328 g/mol. The average Bonchev–Trinajstić information content (AvgIpc) is 2.54. The van der Waals surface area contributed by atoms with Crippen molar-refractivity contribution in [1.29, 1.82) is 0 Å². The van der Waals surface area contributed by atoms with Crippen LogP contribution in [0.1, 0.15) is 25.5 Å². The highest BCUT2D eigenvalue weighted by Gasteiger charge is 2.13. The molecule has 0 fully saturated rings. The first-order valence-electron chi connectivity index (χ1n) is 7.50. The zero-order valence-corrected chi connectivity index (χ0v) is 14.3. The highest BCUT2D eigenvalue weighted by molar-refractivity contribution is 6.31. The number of hydrogen-bond acceptors (Lipinski definition) is 3. The Morgan fingerprint density at radius 1 is 1.12 bits per heavy atom. The molecule has 2 aromatic carbocycles. The zero-order valence-electron chi connectivity index (χ0n) is 13.5. The second kappa shape index (κ2) is 8.36. The fraction of sp³-hybridized carbons (Fsp3) is 0.222. The minimum Gasteiger partial charge on any atom is -0.482 e. The van der Waals surface area contributed by atoms with E-state index in [1.54, 1.807) is 30.3 Å². The summed E-state index contributed by atoms with van der Waals surface area (Å²) in [6, 6.07) is 14.0. The minimum atomic E-state index is -0.278. The highest BCUT2D eigenvalue weighted by Crippen LogP contribution is 2.24. The summed E-state index contributed by atoms with van der Waals surface area (Å²) in [5.41, 5.74) is 1.36. The van der Waals surface area contributed by atoms with Gasteiger partial charge in [-0.05, 0) is 30.7 Å². The fourth-order valence-electron chi connectivity index (χ4n) is 2.22. The monoisotopic (exact) mass is 346 g/mol. The number of carbonyl (C=O) groups is 2. The van der Waals surface area contributed by atoms with E-state index in [1.807, 2.05) is 25.1 Å². The van der Waals surface area contributed by atoms with Gasteiger partial charge in [-0.15, -0.1) is 0 Å². The van der Waals surface area contributed by atoms with Crippen LogP contribution in [0.5, 0.6) is 5.75 Å². The second-order valence-electron chi connectivity index (χ2n) is 5.28. The third-order valence-electron chi connectivity index (χ3n) is 3.31. The molecular formula is C18H19ClN2O3. The Hall–Kier alpha value is -2.53. The van der Waals surface area contributed by atoms with Gasteiger partial charge >= 0.3 is 0 Å². The molecule has 0 spiro atoms. The molecule has 2 rings (SSSR count). The van der Waals surface area contributed by atoms with Gasteiger partial charge in [0.15, 0.2) is 6.61 Å². The van der Waals surface area contributed by atoms with E-state index >= 15 is 0 Å². The van der Waals surface area contributed by atoms with Crippen molar-refractivity contribution < 1.29 is 14.3 Å². The molecule has 0 saturated heterocycles. The predicted molar refractivity (Wildman–Crippen MR) is 94.3 cm³/mol. The first-order chi connectivity index (χ1) is 11.5. The number of para-hydroxylation sites is 2. The number of rotatable bonds is 6. The highest BCUT2D eigenvalue weighted by atomic mass is 35.5. The summed E-state index contributed by atoms with van der Waals surface area (Å²) in [6.07, 6.45) is 0. The van der Waals surface area contributed by atoms with Crippen LogP contribution in [0.4, 0.5) is 5.69 Å². The van der Waals surface area contributed by atoms with Crippen molar-refractivity contribution in [3.05, 3.63) is 59.1 Å². The number of halogens is 1. The predicted octanol–water partition coefficient (Wildman–Crippen LogP) is 3.55. The van der Waals surface area contributed by atoms with Crippen LogP contribution in [0.25, 0.3) is 0 Å². The fourth-order valence-corrected chi connectivity index (χ4v) is 2.52. The molecule has 0 bridgehead atoms. The SMILES string of the molecule is CC(=O)Nc1ccccc1OCC(=O)N[C@@H](C)c1ccccc1Cl.